The minimum absolute atomic E-state index is 0.0492. The maximum absolute atomic E-state index is 12.7. The summed E-state index contributed by atoms with van der Waals surface area (Å²) in [6, 6.07) is 19.5. The Bertz CT molecular complexity index is 961. The number of nitrogens with zero attached hydrogens (tertiary/aromatic N) is 4. The standard InChI is InChI=1S/C23H24N4O2/c1-17-3-5-18(6-4-17)21-11-12-22(25-24-21)26-13-15-27(16-14-26)23(28)19-7-9-20(29-2)10-8-19/h3-12H,13-16H2,1-2H3. The zero-order valence-electron chi connectivity index (χ0n) is 16.7. The van der Waals surface area contributed by atoms with E-state index in [1.165, 1.54) is 5.56 Å². The maximum Gasteiger partial charge on any atom is 0.253 e. The Balaban J connectivity index is 1.37. The van der Waals surface area contributed by atoms with Gasteiger partial charge in [-0.1, -0.05) is 29.8 Å². The van der Waals surface area contributed by atoms with Gasteiger partial charge < -0.3 is 14.5 Å². The average Bonchev–Trinajstić information content (AvgIpc) is 2.79. The summed E-state index contributed by atoms with van der Waals surface area (Å²) in [5, 5.41) is 8.79. The third-order valence-corrected chi connectivity index (χ3v) is 5.23. The van der Waals surface area contributed by atoms with Crippen LogP contribution in [0.1, 0.15) is 15.9 Å². The number of hydrogen-bond acceptors (Lipinski definition) is 5. The largest absolute Gasteiger partial charge is 0.497 e. The Morgan fingerprint density at radius 3 is 2.14 bits per heavy atom. The maximum atomic E-state index is 12.7. The number of hydrogen-bond donors (Lipinski definition) is 0. The first-order valence-electron chi connectivity index (χ1n) is 9.73. The molecule has 1 saturated heterocycles. The van der Waals surface area contributed by atoms with Crippen molar-refractivity contribution in [2.24, 2.45) is 0 Å². The molecule has 0 N–H and O–H groups in total. The Labute approximate surface area is 170 Å². The van der Waals surface area contributed by atoms with Gasteiger partial charge >= 0.3 is 0 Å². The quantitative estimate of drug-likeness (QED) is 0.685. The van der Waals surface area contributed by atoms with E-state index in [-0.39, 0.29) is 5.91 Å². The zero-order valence-corrected chi connectivity index (χ0v) is 16.7. The van der Waals surface area contributed by atoms with Crippen LogP contribution < -0.4 is 9.64 Å². The molecule has 1 aromatic heterocycles. The van der Waals surface area contributed by atoms with Gasteiger partial charge in [0, 0.05) is 37.3 Å². The molecule has 0 aliphatic carbocycles. The van der Waals surface area contributed by atoms with Crippen molar-refractivity contribution in [2.75, 3.05) is 38.2 Å². The molecule has 2 heterocycles. The van der Waals surface area contributed by atoms with E-state index >= 15 is 0 Å². The average molecular weight is 388 g/mol. The number of anilines is 1. The summed E-state index contributed by atoms with van der Waals surface area (Å²) in [6.07, 6.45) is 0. The van der Waals surface area contributed by atoms with Crippen LogP contribution >= 0.6 is 0 Å². The molecule has 1 aliphatic rings. The van der Waals surface area contributed by atoms with Crippen LogP contribution in [0, 0.1) is 6.92 Å². The van der Waals surface area contributed by atoms with Gasteiger partial charge in [-0.05, 0) is 43.3 Å². The monoisotopic (exact) mass is 388 g/mol. The number of rotatable bonds is 4. The van der Waals surface area contributed by atoms with Crippen LogP contribution in [0.3, 0.4) is 0 Å². The van der Waals surface area contributed by atoms with E-state index in [4.69, 9.17) is 4.74 Å². The fourth-order valence-corrected chi connectivity index (χ4v) is 3.43. The molecule has 0 unspecified atom stereocenters. The second kappa shape index (κ2) is 8.31. The van der Waals surface area contributed by atoms with Crippen molar-refractivity contribution in [2.45, 2.75) is 6.92 Å². The Morgan fingerprint density at radius 1 is 0.862 bits per heavy atom. The molecule has 1 amide bonds. The van der Waals surface area contributed by atoms with Gasteiger partial charge in [-0.3, -0.25) is 4.79 Å². The Morgan fingerprint density at radius 2 is 1.55 bits per heavy atom. The lowest BCUT2D eigenvalue weighted by atomic mass is 10.1. The minimum atomic E-state index is 0.0492. The van der Waals surface area contributed by atoms with E-state index in [1.807, 2.05) is 41.3 Å². The van der Waals surface area contributed by atoms with Gasteiger partial charge in [0.2, 0.25) is 0 Å². The first kappa shape index (κ1) is 18.9. The number of carbonyl (C=O) groups is 1. The summed E-state index contributed by atoms with van der Waals surface area (Å²) >= 11 is 0. The molecule has 0 saturated carbocycles. The van der Waals surface area contributed by atoms with Gasteiger partial charge in [-0.2, -0.15) is 0 Å². The summed E-state index contributed by atoms with van der Waals surface area (Å²) in [5.41, 5.74) is 3.83. The van der Waals surface area contributed by atoms with Crippen LogP contribution in [0.25, 0.3) is 11.3 Å². The van der Waals surface area contributed by atoms with E-state index in [1.54, 1.807) is 7.11 Å². The molecule has 6 nitrogen and oxygen atoms in total. The number of ether oxygens (including phenoxy) is 1. The molecule has 0 radical (unpaired) electrons. The van der Waals surface area contributed by atoms with E-state index in [0.717, 1.165) is 35.9 Å². The molecule has 1 aliphatic heterocycles. The highest BCUT2D eigenvalue weighted by Crippen LogP contribution is 2.20. The number of piperazine rings is 1. The van der Waals surface area contributed by atoms with E-state index in [0.29, 0.717) is 18.7 Å². The summed E-state index contributed by atoms with van der Waals surface area (Å²) in [5.74, 6) is 1.64. The van der Waals surface area contributed by atoms with E-state index in [2.05, 4.69) is 46.3 Å². The SMILES string of the molecule is COc1ccc(C(=O)N2CCN(c3ccc(-c4ccc(C)cc4)nn3)CC2)cc1. The van der Waals surface area contributed by atoms with Crippen molar-refractivity contribution in [1.82, 2.24) is 15.1 Å². The number of amides is 1. The lowest BCUT2D eigenvalue weighted by Crippen LogP contribution is -2.49. The van der Waals surface area contributed by atoms with E-state index in [9.17, 15) is 4.79 Å². The summed E-state index contributed by atoms with van der Waals surface area (Å²) in [6.45, 7) is 4.86. The van der Waals surface area contributed by atoms with Gasteiger partial charge in [0.05, 0.1) is 12.8 Å². The second-order valence-electron chi connectivity index (χ2n) is 7.15. The van der Waals surface area contributed by atoms with Crippen molar-refractivity contribution in [1.29, 1.82) is 0 Å². The molecule has 0 spiro atoms. The van der Waals surface area contributed by atoms with Crippen molar-refractivity contribution < 1.29 is 9.53 Å². The molecule has 4 rings (SSSR count). The minimum Gasteiger partial charge on any atom is -0.497 e. The van der Waals surface area contributed by atoms with Gasteiger partial charge in [-0.15, -0.1) is 10.2 Å². The molecule has 2 aromatic carbocycles. The molecule has 6 heteroatoms. The predicted molar refractivity (Wildman–Crippen MR) is 113 cm³/mol. The molecule has 0 bridgehead atoms. The highest BCUT2D eigenvalue weighted by atomic mass is 16.5. The highest BCUT2D eigenvalue weighted by molar-refractivity contribution is 5.94. The number of benzene rings is 2. The fourth-order valence-electron chi connectivity index (χ4n) is 3.43. The Kier molecular flexibility index (Phi) is 5.42. The van der Waals surface area contributed by atoms with Crippen LogP contribution in [0.5, 0.6) is 5.75 Å². The van der Waals surface area contributed by atoms with Crippen LogP contribution in [0.4, 0.5) is 5.82 Å². The summed E-state index contributed by atoms with van der Waals surface area (Å²) in [7, 11) is 1.62. The zero-order chi connectivity index (χ0) is 20.2. The van der Waals surface area contributed by atoms with Crippen LogP contribution in [-0.4, -0.2) is 54.3 Å². The molecule has 0 atom stereocenters. The molecule has 3 aromatic rings. The van der Waals surface area contributed by atoms with Crippen molar-refractivity contribution in [3.05, 3.63) is 71.8 Å². The predicted octanol–water partition coefficient (Wildman–Crippen LogP) is 3.42. The third kappa shape index (κ3) is 4.21. The molecule has 1 fully saturated rings. The number of methoxy groups -OCH3 is 1. The molecular formula is C23H24N4O2. The normalized spacial score (nSPS) is 14.0. The van der Waals surface area contributed by atoms with Crippen molar-refractivity contribution in [3.8, 4) is 17.0 Å². The first-order valence-corrected chi connectivity index (χ1v) is 9.73. The van der Waals surface area contributed by atoms with Crippen molar-refractivity contribution >= 4 is 11.7 Å². The van der Waals surface area contributed by atoms with Gasteiger partial charge in [0.25, 0.3) is 5.91 Å². The number of carbonyl (C=O) groups excluding carboxylic acids is 1. The Hall–Kier alpha value is -3.41. The third-order valence-electron chi connectivity index (χ3n) is 5.23. The van der Waals surface area contributed by atoms with Crippen molar-refractivity contribution in [3.63, 3.8) is 0 Å². The summed E-state index contributed by atoms with van der Waals surface area (Å²) in [4.78, 5) is 16.8. The highest BCUT2D eigenvalue weighted by Gasteiger charge is 2.23. The topological polar surface area (TPSA) is 58.6 Å². The molecule has 148 valence electrons. The first-order chi connectivity index (χ1) is 14.1. The fraction of sp³-hybridized carbons (Fsp3) is 0.261. The molecule has 29 heavy (non-hydrogen) atoms. The summed E-state index contributed by atoms with van der Waals surface area (Å²) < 4.78 is 5.15. The lowest BCUT2D eigenvalue weighted by molar-refractivity contribution is 0.0746. The van der Waals surface area contributed by atoms with Gasteiger partial charge in [0.15, 0.2) is 5.82 Å². The van der Waals surface area contributed by atoms with Crippen LogP contribution in [0.15, 0.2) is 60.7 Å². The second-order valence-corrected chi connectivity index (χ2v) is 7.15. The van der Waals surface area contributed by atoms with Gasteiger partial charge in [-0.25, -0.2) is 0 Å². The number of aryl methyl sites for hydroxylation is 1. The van der Waals surface area contributed by atoms with E-state index < -0.39 is 0 Å². The lowest BCUT2D eigenvalue weighted by Gasteiger charge is -2.35. The number of aromatic nitrogens is 2. The van der Waals surface area contributed by atoms with Crippen LogP contribution in [-0.2, 0) is 0 Å². The smallest absolute Gasteiger partial charge is 0.253 e. The van der Waals surface area contributed by atoms with Gasteiger partial charge in [0.1, 0.15) is 5.75 Å². The van der Waals surface area contributed by atoms with Crippen LogP contribution in [0.2, 0.25) is 0 Å². The molecular weight excluding hydrogens is 364 g/mol.